The van der Waals surface area contributed by atoms with E-state index in [1.165, 1.54) is 35.9 Å². The van der Waals surface area contributed by atoms with Crippen LogP contribution in [0.5, 0.6) is 0 Å². The second kappa shape index (κ2) is 3.10. The van der Waals surface area contributed by atoms with E-state index in [0.717, 1.165) is 18.4 Å². The Labute approximate surface area is 100 Å². The summed E-state index contributed by atoms with van der Waals surface area (Å²) in [5.41, 5.74) is 9.93. The van der Waals surface area contributed by atoms with Gasteiger partial charge in [-0.1, -0.05) is 12.5 Å². The van der Waals surface area contributed by atoms with Crippen molar-refractivity contribution in [2.45, 2.75) is 43.6 Å². The molecule has 0 radical (unpaired) electrons. The number of H-pyrrole nitrogens is 1. The van der Waals surface area contributed by atoms with Crippen LogP contribution in [0.1, 0.15) is 49.3 Å². The lowest BCUT2D eigenvalue weighted by Crippen LogP contribution is -2.18. The maximum absolute atomic E-state index is 6.27. The van der Waals surface area contributed by atoms with Crippen molar-refractivity contribution in [3.8, 4) is 0 Å². The third-order valence-electron chi connectivity index (χ3n) is 4.46. The first kappa shape index (κ1) is 9.66. The van der Waals surface area contributed by atoms with Gasteiger partial charge in [-0.2, -0.15) is 5.10 Å². The molecule has 2 aromatic rings. The van der Waals surface area contributed by atoms with Crippen LogP contribution >= 0.6 is 0 Å². The molecular weight excluding hydrogens is 210 g/mol. The van der Waals surface area contributed by atoms with Gasteiger partial charge in [-0.05, 0) is 43.4 Å². The zero-order valence-corrected chi connectivity index (χ0v) is 9.87. The lowest BCUT2D eigenvalue weighted by molar-refractivity contribution is 0.413. The molecule has 0 bridgehead atoms. The molecule has 0 atom stereocenters. The molecule has 3 N–H and O–H groups in total. The van der Waals surface area contributed by atoms with Crippen molar-refractivity contribution < 1.29 is 0 Å². The Kier molecular flexibility index (Phi) is 1.76. The van der Waals surface area contributed by atoms with Gasteiger partial charge in [0.15, 0.2) is 0 Å². The molecular formula is C14H17N3. The van der Waals surface area contributed by atoms with Gasteiger partial charge in [-0.3, -0.25) is 5.10 Å². The van der Waals surface area contributed by atoms with Crippen molar-refractivity contribution in [1.82, 2.24) is 10.2 Å². The zero-order valence-electron chi connectivity index (χ0n) is 9.87. The molecule has 0 amide bonds. The van der Waals surface area contributed by atoms with Crippen LogP contribution in [0.2, 0.25) is 0 Å². The van der Waals surface area contributed by atoms with E-state index in [2.05, 4.69) is 28.4 Å². The third-order valence-corrected chi connectivity index (χ3v) is 4.46. The monoisotopic (exact) mass is 227 g/mol. The highest BCUT2D eigenvalue weighted by Gasteiger charge is 2.40. The molecule has 4 rings (SSSR count). The fourth-order valence-corrected chi connectivity index (χ4v) is 2.77. The molecule has 0 aliphatic heterocycles. The van der Waals surface area contributed by atoms with Crippen LogP contribution in [0.15, 0.2) is 18.2 Å². The van der Waals surface area contributed by atoms with E-state index in [1.807, 2.05) is 0 Å². The Balaban J connectivity index is 1.86. The molecule has 1 aromatic carbocycles. The smallest absolute Gasteiger partial charge is 0.0924 e. The van der Waals surface area contributed by atoms with E-state index in [-0.39, 0.29) is 5.54 Å². The summed E-state index contributed by atoms with van der Waals surface area (Å²) in [5, 5.41) is 8.92. The molecule has 2 saturated carbocycles. The van der Waals surface area contributed by atoms with Gasteiger partial charge in [-0.25, -0.2) is 0 Å². The van der Waals surface area contributed by atoms with E-state index in [1.54, 1.807) is 0 Å². The molecule has 2 aliphatic carbocycles. The summed E-state index contributed by atoms with van der Waals surface area (Å²) < 4.78 is 0. The molecule has 0 saturated heterocycles. The normalized spacial score (nSPS) is 22.6. The Bertz CT molecular complexity index is 576. The molecule has 2 fully saturated rings. The average molecular weight is 227 g/mol. The van der Waals surface area contributed by atoms with Gasteiger partial charge in [0.1, 0.15) is 0 Å². The van der Waals surface area contributed by atoms with Crippen LogP contribution in [0.25, 0.3) is 10.9 Å². The molecule has 0 spiro atoms. The highest BCUT2D eigenvalue weighted by Crippen LogP contribution is 2.44. The van der Waals surface area contributed by atoms with Gasteiger partial charge in [0, 0.05) is 22.5 Å². The number of hydrogen-bond acceptors (Lipinski definition) is 2. The first-order valence-electron chi connectivity index (χ1n) is 6.54. The minimum absolute atomic E-state index is 0.0393. The second-order valence-electron chi connectivity index (χ2n) is 5.65. The Morgan fingerprint density at radius 3 is 2.76 bits per heavy atom. The molecule has 0 unspecified atom stereocenters. The summed E-state index contributed by atoms with van der Waals surface area (Å²) in [6.45, 7) is 0. The van der Waals surface area contributed by atoms with E-state index >= 15 is 0 Å². The number of fused-ring (bicyclic) bond motifs is 1. The number of aromatic nitrogens is 2. The quantitative estimate of drug-likeness (QED) is 0.828. The topological polar surface area (TPSA) is 54.7 Å². The summed E-state index contributed by atoms with van der Waals surface area (Å²) in [6, 6.07) is 6.51. The van der Waals surface area contributed by atoms with E-state index in [0.29, 0.717) is 5.92 Å². The number of nitrogens with zero attached hydrogens (tertiary/aromatic N) is 1. The van der Waals surface area contributed by atoms with Gasteiger partial charge in [0.05, 0.1) is 5.52 Å². The Morgan fingerprint density at radius 2 is 2.12 bits per heavy atom. The Hall–Kier alpha value is -1.35. The van der Waals surface area contributed by atoms with Crippen molar-refractivity contribution in [2.24, 2.45) is 5.73 Å². The molecule has 1 aromatic heterocycles. The summed E-state index contributed by atoms with van der Waals surface area (Å²) in [7, 11) is 0. The number of hydrogen-bond donors (Lipinski definition) is 2. The van der Waals surface area contributed by atoms with Crippen molar-refractivity contribution >= 4 is 10.9 Å². The van der Waals surface area contributed by atoms with Gasteiger partial charge >= 0.3 is 0 Å². The van der Waals surface area contributed by atoms with Crippen LogP contribution in [0.3, 0.4) is 0 Å². The average Bonchev–Trinajstić information content (AvgIpc) is 2.88. The molecule has 17 heavy (non-hydrogen) atoms. The molecule has 3 nitrogen and oxygen atoms in total. The van der Waals surface area contributed by atoms with E-state index in [4.69, 9.17) is 5.73 Å². The largest absolute Gasteiger partial charge is 0.321 e. The lowest BCUT2D eigenvalue weighted by Gasteiger charge is -2.24. The van der Waals surface area contributed by atoms with Crippen LogP contribution in [-0.2, 0) is 5.54 Å². The standard InChI is InChI=1S/C14H17N3/c15-14(6-7-14)10-4-5-12-11(8-10)13(17-16-12)9-2-1-3-9/h4-5,8-9H,1-3,6-7,15H2,(H,16,17). The predicted molar refractivity (Wildman–Crippen MR) is 67.8 cm³/mol. The summed E-state index contributed by atoms with van der Waals surface area (Å²) in [5.74, 6) is 0.697. The van der Waals surface area contributed by atoms with E-state index in [9.17, 15) is 0 Å². The summed E-state index contributed by atoms with van der Waals surface area (Å²) in [6.07, 6.45) is 6.19. The molecule has 1 heterocycles. The number of benzene rings is 1. The second-order valence-corrected chi connectivity index (χ2v) is 5.65. The van der Waals surface area contributed by atoms with Gasteiger partial charge in [0.25, 0.3) is 0 Å². The van der Waals surface area contributed by atoms with Crippen molar-refractivity contribution in [2.75, 3.05) is 0 Å². The fraction of sp³-hybridized carbons (Fsp3) is 0.500. The van der Waals surface area contributed by atoms with Crippen LogP contribution in [0.4, 0.5) is 0 Å². The summed E-state index contributed by atoms with van der Waals surface area (Å²) in [4.78, 5) is 0. The van der Waals surface area contributed by atoms with Crippen molar-refractivity contribution in [1.29, 1.82) is 0 Å². The first-order valence-corrected chi connectivity index (χ1v) is 6.54. The Morgan fingerprint density at radius 1 is 1.29 bits per heavy atom. The van der Waals surface area contributed by atoms with Gasteiger partial charge in [0.2, 0.25) is 0 Å². The zero-order chi connectivity index (χ0) is 11.5. The lowest BCUT2D eigenvalue weighted by atomic mass is 9.81. The maximum atomic E-state index is 6.27. The minimum Gasteiger partial charge on any atom is -0.321 e. The van der Waals surface area contributed by atoms with Gasteiger partial charge in [-0.15, -0.1) is 0 Å². The molecule has 3 heteroatoms. The third kappa shape index (κ3) is 1.35. The SMILES string of the molecule is NC1(c2ccc3n[nH]c(C4CCC4)c3c2)CC1. The summed E-state index contributed by atoms with van der Waals surface area (Å²) >= 11 is 0. The predicted octanol–water partition coefficient (Wildman–Crippen LogP) is 2.78. The van der Waals surface area contributed by atoms with Crippen LogP contribution in [-0.4, -0.2) is 10.2 Å². The fourth-order valence-electron chi connectivity index (χ4n) is 2.77. The molecule has 2 aliphatic rings. The van der Waals surface area contributed by atoms with Crippen molar-refractivity contribution in [3.63, 3.8) is 0 Å². The number of nitrogens with two attached hydrogens (primary N) is 1. The van der Waals surface area contributed by atoms with E-state index < -0.39 is 0 Å². The number of rotatable bonds is 2. The van der Waals surface area contributed by atoms with Crippen molar-refractivity contribution in [3.05, 3.63) is 29.5 Å². The van der Waals surface area contributed by atoms with Gasteiger partial charge < -0.3 is 5.73 Å². The highest BCUT2D eigenvalue weighted by molar-refractivity contribution is 5.83. The van der Waals surface area contributed by atoms with Crippen LogP contribution < -0.4 is 5.73 Å². The molecule has 88 valence electrons. The number of aromatic amines is 1. The number of nitrogens with one attached hydrogen (secondary N) is 1. The highest BCUT2D eigenvalue weighted by atomic mass is 15.1. The van der Waals surface area contributed by atoms with Crippen LogP contribution in [0, 0.1) is 0 Å². The maximum Gasteiger partial charge on any atom is 0.0924 e. The first-order chi connectivity index (χ1) is 8.26. The minimum atomic E-state index is -0.0393.